The summed E-state index contributed by atoms with van der Waals surface area (Å²) in [5.41, 5.74) is 0.661. The van der Waals surface area contributed by atoms with Crippen LogP contribution in [-0.4, -0.2) is 42.1 Å². The second-order valence-corrected chi connectivity index (χ2v) is 6.56. The molecule has 1 aliphatic heterocycles. The molecule has 0 aliphatic carbocycles. The van der Waals surface area contributed by atoms with Gasteiger partial charge in [-0.15, -0.1) is 11.8 Å². The molecule has 1 heterocycles. The Hall–Kier alpha value is -2.06. The SMILES string of the molecule is CNC(=O)CC1CC(=O)NC(SCC(=O)NCc2ccccc2)N1. The first-order valence-electron chi connectivity index (χ1n) is 7.75. The van der Waals surface area contributed by atoms with Gasteiger partial charge in [-0.3, -0.25) is 19.7 Å². The Labute approximate surface area is 145 Å². The maximum Gasteiger partial charge on any atom is 0.230 e. The summed E-state index contributed by atoms with van der Waals surface area (Å²) < 4.78 is 0. The lowest BCUT2D eigenvalue weighted by Crippen LogP contribution is -2.56. The van der Waals surface area contributed by atoms with Gasteiger partial charge in [-0.25, -0.2) is 0 Å². The second kappa shape index (κ2) is 9.29. The Morgan fingerprint density at radius 1 is 1.25 bits per heavy atom. The molecule has 1 fully saturated rings. The molecule has 8 heteroatoms. The Morgan fingerprint density at radius 2 is 2.00 bits per heavy atom. The highest BCUT2D eigenvalue weighted by Crippen LogP contribution is 2.13. The number of carbonyl (C=O) groups excluding carboxylic acids is 3. The number of hydrogen-bond donors (Lipinski definition) is 4. The fraction of sp³-hybridized carbons (Fsp3) is 0.438. The molecule has 0 saturated carbocycles. The van der Waals surface area contributed by atoms with E-state index in [1.807, 2.05) is 30.3 Å². The lowest BCUT2D eigenvalue weighted by atomic mass is 10.1. The molecule has 130 valence electrons. The summed E-state index contributed by atoms with van der Waals surface area (Å²) in [4.78, 5) is 35.0. The van der Waals surface area contributed by atoms with E-state index in [0.717, 1.165) is 5.56 Å². The second-order valence-electron chi connectivity index (χ2n) is 5.47. The normalized spacial score (nSPS) is 20.1. The molecule has 7 nitrogen and oxygen atoms in total. The van der Waals surface area contributed by atoms with E-state index in [0.29, 0.717) is 6.54 Å². The van der Waals surface area contributed by atoms with E-state index in [1.165, 1.54) is 11.8 Å². The summed E-state index contributed by atoms with van der Waals surface area (Å²) in [5, 5.41) is 11.3. The van der Waals surface area contributed by atoms with Crippen molar-refractivity contribution in [3.8, 4) is 0 Å². The predicted molar refractivity (Wildman–Crippen MR) is 92.9 cm³/mol. The summed E-state index contributed by atoms with van der Waals surface area (Å²) in [7, 11) is 1.56. The third kappa shape index (κ3) is 6.21. The molecule has 24 heavy (non-hydrogen) atoms. The molecule has 4 N–H and O–H groups in total. The van der Waals surface area contributed by atoms with Crippen LogP contribution in [0.1, 0.15) is 18.4 Å². The molecule has 0 spiro atoms. The van der Waals surface area contributed by atoms with Crippen LogP contribution in [0.5, 0.6) is 0 Å². The Kier molecular flexibility index (Phi) is 7.07. The van der Waals surface area contributed by atoms with Gasteiger partial charge in [-0.05, 0) is 5.56 Å². The summed E-state index contributed by atoms with van der Waals surface area (Å²) in [6.45, 7) is 0.476. The lowest BCUT2D eigenvalue weighted by molar-refractivity contribution is -0.125. The monoisotopic (exact) mass is 350 g/mol. The number of thioether (sulfide) groups is 1. The molecule has 2 rings (SSSR count). The molecule has 0 radical (unpaired) electrons. The van der Waals surface area contributed by atoms with E-state index in [1.54, 1.807) is 7.05 Å². The smallest absolute Gasteiger partial charge is 0.230 e. The van der Waals surface area contributed by atoms with Crippen molar-refractivity contribution in [2.45, 2.75) is 30.9 Å². The Balaban J connectivity index is 1.73. The Morgan fingerprint density at radius 3 is 2.71 bits per heavy atom. The third-order valence-electron chi connectivity index (χ3n) is 3.54. The van der Waals surface area contributed by atoms with E-state index < -0.39 is 0 Å². The van der Waals surface area contributed by atoms with Crippen LogP contribution in [0.2, 0.25) is 0 Å². The Bertz CT molecular complexity index is 582. The standard InChI is InChI=1S/C16H22N4O3S/c1-17-13(21)7-12-8-14(22)20-16(19-12)24-10-15(23)18-9-11-5-3-2-4-6-11/h2-6,12,16,19H,7-10H2,1H3,(H,17,21)(H,18,23)(H,20,22). The molecular weight excluding hydrogens is 328 g/mol. The molecule has 1 aromatic rings. The number of rotatable bonds is 7. The van der Waals surface area contributed by atoms with Gasteiger partial charge in [0, 0.05) is 32.5 Å². The minimum Gasteiger partial charge on any atom is -0.359 e. The van der Waals surface area contributed by atoms with Crippen LogP contribution >= 0.6 is 11.8 Å². The number of amides is 3. The zero-order chi connectivity index (χ0) is 17.4. The van der Waals surface area contributed by atoms with Crippen LogP contribution in [0.25, 0.3) is 0 Å². The molecule has 3 amide bonds. The maximum atomic E-state index is 11.9. The van der Waals surface area contributed by atoms with Crippen molar-refractivity contribution in [3.05, 3.63) is 35.9 Å². The first-order chi connectivity index (χ1) is 11.6. The minimum atomic E-state index is -0.372. The summed E-state index contributed by atoms with van der Waals surface area (Å²) in [6.07, 6.45) is 0.492. The van der Waals surface area contributed by atoms with Crippen LogP contribution in [0.15, 0.2) is 30.3 Å². The van der Waals surface area contributed by atoms with E-state index in [4.69, 9.17) is 0 Å². The maximum absolute atomic E-state index is 11.9. The van der Waals surface area contributed by atoms with E-state index in [2.05, 4.69) is 21.3 Å². The fourth-order valence-electron chi connectivity index (χ4n) is 2.30. The van der Waals surface area contributed by atoms with E-state index in [-0.39, 0.29) is 47.9 Å². The van der Waals surface area contributed by atoms with Crippen molar-refractivity contribution in [3.63, 3.8) is 0 Å². The number of carbonyl (C=O) groups is 3. The molecule has 0 aromatic heterocycles. The van der Waals surface area contributed by atoms with Gasteiger partial charge < -0.3 is 16.0 Å². The summed E-state index contributed by atoms with van der Waals surface area (Å²) in [6, 6.07) is 9.44. The van der Waals surface area contributed by atoms with Crippen molar-refractivity contribution in [2.24, 2.45) is 0 Å². The highest BCUT2D eigenvalue weighted by molar-refractivity contribution is 8.00. The van der Waals surface area contributed by atoms with Gasteiger partial charge in [0.1, 0.15) is 5.50 Å². The third-order valence-corrected chi connectivity index (χ3v) is 4.55. The van der Waals surface area contributed by atoms with Gasteiger partial charge >= 0.3 is 0 Å². The average Bonchev–Trinajstić information content (AvgIpc) is 2.58. The van der Waals surface area contributed by atoms with E-state index in [9.17, 15) is 14.4 Å². The summed E-state index contributed by atoms with van der Waals surface area (Å²) >= 11 is 1.30. The van der Waals surface area contributed by atoms with Gasteiger partial charge in [0.25, 0.3) is 0 Å². The number of hydrogen-bond acceptors (Lipinski definition) is 5. The average molecular weight is 350 g/mol. The predicted octanol–water partition coefficient (Wildman–Crippen LogP) is -0.0662. The summed E-state index contributed by atoms with van der Waals surface area (Å²) in [5.74, 6) is -0.123. The number of benzene rings is 1. The zero-order valence-electron chi connectivity index (χ0n) is 13.5. The van der Waals surface area contributed by atoms with Crippen LogP contribution in [0, 0.1) is 0 Å². The van der Waals surface area contributed by atoms with Crippen molar-refractivity contribution < 1.29 is 14.4 Å². The van der Waals surface area contributed by atoms with Crippen LogP contribution < -0.4 is 21.3 Å². The van der Waals surface area contributed by atoms with Crippen LogP contribution in [0.3, 0.4) is 0 Å². The minimum absolute atomic E-state index is 0.103. The first-order valence-corrected chi connectivity index (χ1v) is 8.80. The molecule has 2 atom stereocenters. The quantitative estimate of drug-likeness (QED) is 0.552. The van der Waals surface area contributed by atoms with Gasteiger partial charge in [0.15, 0.2) is 0 Å². The molecule has 0 bridgehead atoms. The van der Waals surface area contributed by atoms with Gasteiger partial charge in [0.2, 0.25) is 17.7 Å². The van der Waals surface area contributed by atoms with Gasteiger partial charge in [-0.1, -0.05) is 30.3 Å². The van der Waals surface area contributed by atoms with Crippen molar-refractivity contribution in [2.75, 3.05) is 12.8 Å². The molecular formula is C16H22N4O3S. The largest absolute Gasteiger partial charge is 0.359 e. The zero-order valence-corrected chi connectivity index (χ0v) is 14.3. The van der Waals surface area contributed by atoms with Crippen LogP contribution in [-0.2, 0) is 20.9 Å². The van der Waals surface area contributed by atoms with E-state index >= 15 is 0 Å². The highest BCUT2D eigenvalue weighted by atomic mass is 32.2. The first kappa shape index (κ1) is 18.3. The molecule has 1 aromatic carbocycles. The molecule has 1 aliphatic rings. The van der Waals surface area contributed by atoms with Crippen molar-refractivity contribution >= 4 is 29.5 Å². The fourth-order valence-corrected chi connectivity index (χ4v) is 3.22. The van der Waals surface area contributed by atoms with Crippen LogP contribution in [0.4, 0.5) is 0 Å². The topological polar surface area (TPSA) is 99.3 Å². The highest BCUT2D eigenvalue weighted by Gasteiger charge is 2.27. The van der Waals surface area contributed by atoms with Gasteiger partial charge in [-0.2, -0.15) is 0 Å². The van der Waals surface area contributed by atoms with Crippen molar-refractivity contribution in [1.82, 2.24) is 21.3 Å². The molecule has 1 saturated heterocycles. The number of nitrogens with one attached hydrogen (secondary N) is 4. The lowest BCUT2D eigenvalue weighted by Gasteiger charge is -2.30. The molecule has 2 unspecified atom stereocenters. The van der Waals surface area contributed by atoms with Gasteiger partial charge in [0.05, 0.1) is 5.75 Å². The van der Waals surface area contributed by atoms with Crippen molar-refractivity contribution in [1.29, 1.82) is 0 Å².